The number of nitrogens with zero attached hydrogens (tertiary/aromatic N) is 3. The summed E-state index contributed by atoms with van der Waals surface area (Å²) in [6.45, 7) is 2.59. The van der Waals surface area contributed by atoms with Crippen LogP contribution in [0.25, 0.3) is 22.0 Å². The fourth-order valence-electron chi connectivity index (χ4n) is 5.38. The van der Waals surface area contributed by atoms with Gasteiger partial charge in [-0.1, -0.05) is 43.3 Å². The topological polar surface area (TPSA) is 125 Å². The van der Waals surface area contributed by atoms with Gasteiger partial charge in [-0.25, -0.2) is 14.4 Å². The third-order valence-corrected chi connectivity index (χ3v) is 7.57. The van der Waals surface area contributed by atoms with Crippen molar-refractivity contribution in [2.75, 3.05) is 24.3 Å². The molecule has 1 fully saturated rings. The minimum absolute atomic E-state index is 0.133. The third-order valence-electron chi connectivity index (χ3n) is 7.57. The van der Waals surface area contributed by atoms with Crippen LogP contribution < -0.4 is 15.8 Å². The van der Waals surface area contributed by atoms with Gasteiger partial charge in [-0.15, -0.1) is 0 Å². The number of hydrogen-bond donors (Lipinski definition) is 3. The van der Waals surface area contributed by atoms with Crippen molar-refractivity contribution in [3.8, 4) is 17.0 Å². The molecule has 5 aromatic rings. The van der Waals surface area contributed by atoms with Gasteiger partial charge in [0, 0.05) is 41.0 Å². The predicted molar refractivity (Wildman–Crippen MR) is 163 cm³/mol. The molecule has 3 aromatic carbocycles. The zero-order chi connectivity index (χ0) is 29.9. The number of carboxylic acids is 1. The van der Waals surface area contributed by atoms with Crippen molar-refractivity contribution in [3.63, 3.8) is 0 Å². The van der Waals surface area contributed by atoms with E-state index in [9.17, 15) is 9.90 Å². The first-order valence-electron chi connectivity index (χ1n) is 14.2. The molecule has 3 heterocycles. The van der Waals surface area contributed by atoms with Gasteiger partial charge in [-0.2, -0.15) is 0 Å². The Morgan fingerprint density at radius 2 is 2.05 bits per heavy atom. The number of nitrogen functional groups attached to an aromatic ring is 1. The number of halogens is 1. The largest absolute Gasteiger partial charge is 0.485 e. The molecule has 2 atom stereocenters. The van der Waals surface area contributed by atoms with E-state index >= 15 is 4.39 Å². The number of rotatable bonds is 10. The number of carboxylic acid groups (broad SMARTS) is 1. The maximum atomic E-state index is 16.5. The monoisotopic (exact) mass is 581 g/mol. The van der Waals surface area contributed by atoms with E-state index in [-0.39, 0.29) is 18.4 Å². The quantitative estimate of drug-likeness (QED) is 0.188. The van der Waals surface area contributed by atoms with Crippen molar-refractivity contribution in [1.82, 2.24) is 14.5 Å². The fourth-order valence-corrected chi connectivity index (χ4v) is 5.38. The fraction of sp³-hybridized carbons (Fsp3) is 0.242. The molecule has 6 rings (SSSR count). The van der Waals surface area contributed by atoms with Gasteiger partial charge in [-0.3, -0.25) is 4.79 Å². The van der Waals surface area contributed by atoms with Crippen molar-refractivity contribution in [2.45, 2.75) is 38.5 Å². The highest BCUT2D eigenvalue weighted by molar-refractivity contribution is 5.93. The number of hydrogen-bond acceptors (Lipinski definition) is 7. The predicted octanol–water partition coefficient (Wildman–Crippen LogP) is 5.84. The van der Waals surface area contributed by atoms with Crippen molar-refractivity contribution >= 4 is 28.2 Å². The molecule has 2 unspecified atom stereocenters. The van der Waals surface area contributed by atoms with Gasteiger partial charge in [0.15, 0.2) is 11.6 Å². The Labute approximate surface area is 248 Å². The Balaban J connectivity index is 1.52. The molecule has 1 aliphatic heterocycles. The molecule has 1 aliphatic rings. The Kier molecular flexibility index (Phi) is 7.93. The summed E-state index contributed by atoms with van der Waals surface area (Å²) < 4.78 is 29.6. The number of nitrogens with two attached hydrogens (primary N) is 1. The molecule has 0 amide bonds. The molecule has 43 heavy (non-hydrogen) atoms. The Bertz CT molecular complexity index is 1770. The molecule has 0 aliphatic carbocycles. The van der Waals surface area contributed by atoms with E-state index in [2.05, 4.69) is 10.3 Å². The Morgan fingerprint density at radius 1 is 1.21 bits per heavy atom. The Morgan fingerprint density at radius 3 is 2.79 bits per heavy atom. The molecular weight excluding hydrogens is 549 g/mol. The summed E-state index contributed by atoms with van der Waals surface area (Å²) in [6.07, 6.45) is 4.38. The highest BCUT2D eigenvalue weighted by atomic mass is 19.1. The molecule has 0 spiro atoms. The maximum Gasteiger partial charge on any atom is 0.323 e. The second-order valence-electron chi connectivity index (χ2n) is 10.5. The average Bonchev–Trinajstić information content (AvgIpc) is 3.67. The van der Waals surface area contributed by atoms with Crippen LogP contribution in [0.2, 0.25) is 0 Å². The molecule has 2 aromatic heterocycles. The maximum absolute atomic E-state index is 16.5. The lowest BCUT2D eigenvalue weighted by atomic mass is 9.99. The molecular formula is C33H32FN5O4. The molecule has 1 saturated heterocycles. The lowest BCUT2D eigenvalue weighted by Crippen LogP contribution is -2.22. The Hall–Kier alpha value is -4.96. The summed E-state index contributed by atoms with van der Waals surface area (Å²) in [7, 11) is 0. The number of anilines is 2. The van der Waals surface area contributed by atoms with Crippen molar-refractivity contribution < 1.29 is 23.8 Å². The summed E-state index contributed by atoms with van der Waals surface area (Å²) in [5, 5.41) is 14.9. The minimum atomic E-state index is -1.04. The van der Waals surface area contributed by atoms with Gasteiger partial charge in [0.1, 0.15) is 30.3 Å². The van der Waals surface area contributed by atoms with Gasteiger partial charge in [-0.05, 0) is 47.7 Å². The number of aliphatic carboxylic acids is 1. The van der Waals surface area contributed by atoms with Crippen molar-refractivity contribution in [1.29, 1.82) is 0 Å². The van der Waals surface area contributed by atoms with Gasteiger partial charge in [0.05, 0.1) is 18.9 Å². The number of aromatic nitrogens is 3. The first kappa shape index (κ1) is 28.2. The summed E-state index contributed by atoms with van der Waals surface area (Å²) in [5.74, 6) is -0.697. The van der Waals surface area contributed by atoms with Crippen LogP contribution >= 0.6 is 0 Å². The number of ether oxygens (including phenoxy) is 2. The highest BCUT2D eigenvalue weighted by Gasteiger charge is 2.29. The first-order valence-corrected chi connectivity index (χ1v) is 14.2. The number of imidazole rings is 1. The van der Waals surface area contributed by atoms with Crippen LogP contribution in [0.5, 0.6) is 5.75 Å². The average molecular weight is 582 g/mol. The standard InChI is InChI=1S/C33H32FN5O4/c1-2-20-14-26(30(34)28(15-20)43-24-11-13-42-19-24)31(37-23-8-9-25-22(16-23)10-12-36-32(25)35)33-38-27(17-39(33)18-29(40)41)21-6-4-3-5-7-21/h3-10,12,14-17,24,31,37H,2,11,13,18-19H2,1H3,(H2,35,36)(H,40,41). The minimum Gasteiger partial charge on any atom is -0.485 e. The molecule has 10 heteroatoms. The van der Waals surface area contributed by atoms with E-state index in [0.717, 1.165) is 21.9 Å². The second kappa shape index (κ2) is 12.1. The van der Waals surface area contributed by atoms with Crippen LogP contribution in [-0.4, -0.2) is 44.9 Å². The molecule has 0 bridgehead atoms. The first-order chi connectivity index (χ1) is 20.9. The second-order valence-corrected chi connectivity index (χ2v) is 10.5. The van der Waals surface area contributed by atoms with Crippen molar-refractivity contribution in [3.05, 3.63) is 102 Å². The van der Waals surface area contributed by atoms with Crippen LogP contribution in [0.4, 0.5) is 15.9 Å². The van der Waals surface area contributed by atoms with Gasteiger partial charge < -0.3 is 30.2 Å². The smallest absolute Gasteiger partial charge is 0.323 e. The number of benzene rings is 3. The van der Waals surface area contributed by atoms with E-state index in [1.54, 1.807) is 29.1 Å². The van der Waals surface area contributed by atoms with Crippen LogP contribution in [0.1, 0.15) is 36.3 Å². The summed E-state index contributed by atoms with van der Waals surface area (Å²) in [5.41, 5.74) is 9.30. The van der Waals surface area contributed by atoms with Crippen LogP contribution in [-0.2, 0) is 22.5 Å². The molecule has 0 saturated carbocycles. The lowest BCUT2D eigenvalue weighted by molar-refractivity contribution is -0.137. The third kappa shape index (κ3) is 6.00. The van der Waals surface area contributed by atoms with E-state index in [4.69, 9.17) is 20.2 Å². The zero-order valence-electron chi connectivity index (χ0n) is 23.7. The number of carbonyl (C=O) groups is 1. The van der Waals surface area contributed by atoms with Crippen LogP contribution in [0, 0.1) is 5.82 Å². The zero-order valence-corrected chi connectivity index (χ0v) is 23.7. The van der Waals surface area contributed by atoms with Crippen LogP contribution in [0.3, 0.4) is 0 Å². The number of nitrogens with one attached hydrogen (secondary N) is 1. The summed E-state index contributed by atoms with van der Waals surface area (Å²) >= 11 is 0. The molecule has 9 nitrogen and oxygen atoms in total. The number of pyridine rings is 1. The van der Waals surface area contributed by atoms with E-state index in [1.165, 1.54) is 0 Å². The summed E-state index contributed by atoms with van der Waals surface area (Å²) in [4.78, 5) is 21.0. The number of fused-ring (bicyclic) bond motifs is 1. The SMILES string of the molecule is CCc1cc(OC2CCOC2)c(F)c(C(Nc2ccc3c(N)nccc3c2)c2nc(-c3ccccc3)cn2CC(=O)O)c1. The molecule has 4 N–H and O–H groups in total. The van der Waals surface area contributed by atoms with E-state index in [0.29, 0.717) is 54.6 Å². The molecule has 0 radical (unpaired) electrons. The van der Waals surface area contributed by atoms with Gasteiger partial charge in [0.2, 0.25) is 0 Å². The normalized spacial score (nSPS) is 15.4. The van der Waals surface area contributed by atoms with Gasteiger partial charge >= 0.3 is 5.97 Å². The van der Waals surface area contributed by atoms with E-state index in [1.807, 2.05) is 61.5 Å². The lowest BCUT2D eigenvalue weighted by Gasteiger charge is -2.24. The number of aryl methyl sites for hydroxylation is 1. The van der Waals surface area contributed by atoms with Crippen molar-refractivity contribution in [2.24, 2.45) is 0 Å². The van der Waals surface area contributed by atoms with E-state index < -0.39 is 17.8 Å². The van der Waals surface area contributed by atoms with Crippen LogP contribution in [0.15, 0.2) is 79.1 Å². The summed E-state index contributed by atoms with van der Waals surface area (Å²) in [6, 6.07) is 19.5. The van der Waals surface area contributed by atoms with Gasteiger partial charge in [0.25, 0.3) is 0 Å². The molecule has 220 valence electrons. The highest BCUT2D eigenvalue weighted by Crippen LogP contribution is 2.36.